The van der Waals surface area contributed by atoms with Crippen molar-refractivity contribution in [3.8, 4) is 55.9 Å². The second-order valence-electron chi connectivity index (χ2n) is 16.9. The lowest BCUT2D eigenvalue weighted by molar-refractivity contribution is 1.18. The summed E-state index contributed by atoms with van der Waals surface area (Å²) in [4.78, 5) is 0. The van der Waals surface area contributed by atoms with Gasteiger partial charge in [0.05, 0.1) is 22.1 Å². The molecule has 2 heteroatoms. The molecule has 0 amide bonds. The first-order valence-electron chi connectivity index (χ1n) is 21.5. The minimum absolute atomic E-state index is 1.15. The molecule has 62 heavy (non-hydrogen) atoms. The number of aromatic nitrogens is 2. The van der Waals surface area contributed by atoms with Gasteiger partial charge in [0.2, 0.25) is 0 Å². The Kier molecular flexibility index (Phi) is 6.86. The van der Waals surface area contributed by atoms with E-state index >= 15 is 0 Å². The zero-order valence-corrected chi connectivity index (χ0v) is 33.7. The summed E-state index contributed by atoms with van der Waals surface area (Å²) in [7, 11) is 0. The number of nitrogens with zero attached hydrogens (tertiary/aromatic N) is 2. The van der Waals surface area contributed by atoms with Gasteiger partial charge in [0, 0.05) is 32.9 Å². The summed E-state index contributed by atoms with van der Waals surface area (Å²) in [5, 5.41) is 12.8. The molecule has 0 saturated heterocycles. The Hall–Kier alpha value is -8.20. The van der Waals surface area contributed by atoms with E-state index in [2.05, 4.69) is 228 Å². The number of fused-ring (bicyclic) bond motifs is 13. The Labute approximate surface area is 357 Å². The molecule has 2 nitrogen and oxygen atoms in total. The number of hydrogen-bond acceptors (Lipinski definition) is 0. The van der Waals surface area contributed by atoms with Gasteiger partial charge in [-0.3, -0.25) is 0 Å². The van der Waals surface area contributed by atoms with Gasteiger partial charge in [-0.05, 0) is 150 Å². The first kappa shape index (κ1) is 33.6. The van der Waals surface area contributed by atoms with Crippen molar-refractivity contribution in [1.82, 2.24) is 9.13 Å². The van der Waals surface area contributed by atoms with Gasteiger partial charge in [0.25, 0.3) is 0 Å². The van der Waals surface area contributed by atoms with Gasteiger partial charge in [-0.1, -0.05) is 146 Å². The summed E-state index contributed by atoms with van der Waals surface area (Å²) in [6, 6.07) is 81.0. The maximum absolute atomic E-state index is 2.45. The first-order chi connectivity index (χ1) is 30.7. The van der Waals surface area contributed by atoms with Crippen LogP contribution in [-0.4, -0.2) is 9.13 Å². The second kappa shape index (κ2) is 12.7. The van der Waals surface area contributed by atoms with Gasteiger partial charge in [-0.15, -0.1) is 0 Å². The summed E-state index contributed by atoms with van der Waals surface area (Å²) < 4.78 is 4.87. The fourth-order valence-corrected chi connectivity index (χ4v) is 10.9. The lowest BCUT2D eigenvalue weighted by Gasteiger charge is -2.12. The third-order valence-electron chi connectivity index (χ3n) is 13.6. The van der Waals surface area contributed by atoms with Gasteiger partial charge < -0.3 is 9.13 Å². The fraction of sp³-hybridized carbons (Fsp3) is 0. The predicted octanol–water partition coefficient (Wildman–Crippen LogP) is 16.3. The molecule has 0 atom stereocenters. The van der Waals surface area contributed by atoms with E-state index in [-0.39, 0.29) is 0 Å². The molecule has 1 aliphatic carbocycles. The van der Waals surface area contributed by atoms with Crippen molar-refractivity contribution in [2.24, 2.45) is 0 Å². The fourth-order valence-electron chi connectivity index (χ4n) is 10.9. The van der Waals surface area contributed by atoms with Crippen molar-refractivity contribution in [3.63, 3.8) is 0 Å². The molecule has 0 aliphatic heterocycles. The van der Waals surface area contributed by atoms with Gasteiger partial charge in [-0.25, -0.2) is 0 Å². The van der Waals surface area contributed by atoms with E-state index in [9.17, 15) is 0 Å². The van der Waals surface area contributed by atoms with Crippen LogP contribution in [-0.2, 0) is 0 Å². The minimum atomic E-state index is 1.15. The second-order valence-corrected chi connectivity index (χ2v) is 16.9. The Morgan fingerprint density at radius 2 is 0.710 bits per heavy atom. The monoisotopic (exact) mass is 784 g/mol. The van der Waals surface area contributed by atoms with E-state index in [0.29, 0.717) is 0 Å². The summed E-state index contributed by atoms with van der Waals surface area (Å²) in [5.74, 6) is 0. The highest BCUT2D eigenvalue weighted by atomic mass is 15.0. The van der Waals surface area contributed by atoms with Gasteiger partial charge in [-0.2, -0.15) is 0 Å². The van der Waals surface area contributed by atoms with E-state index in [1.807, 2.05) is 0 Å². The molecule has 2 heterocycles. The summed E-state index contributed by atoms with van der Waals surface area (Å²) in [6.45, 7) is 0. The number of para-hydroxylation sites is 1. The highest BCUT2D eigenvalue weighted by Crippen LogP contribution is 2.49. The maximum Gasteiger partial charge on any atom is 0.0547 e. The van der Waals surface area contributed by atoms with E-state index in [0.717, 1.165) is 5.69 Å². The normalized spacial score (nSPS) is 12.2. The molecule has 0 bridgehead atoms. The molecule has 286 valence electrons. The van der Waals surface area contributed by atoms with Crippen molar-refractivity contribution in [2.75, 3.05) is 0 Å². The molecular formula is C60H36N2. The molecule has 0 N–H and O–H groups in total. The Morgan fingerprint density at radius 1 is 0.226 bits per heavy atom. The van der Waals surface area contributed by atoms with Gasteiger partial charge >= 0.3 is 0 Å². The SMILES string of the molecule is c1ccc(-n2c3ccc(-c4ccc5c(c4)c4c6ccccc6ccc4n5-c4ccc(-c5cc6c7c(cccc7c5)-c5ccccc5-6)cc4)cc3c3c4ccccc4ccc32)cc1. The summed E-state index contributed by atoms with van der Waals surface area (Å²) in [6.07, 6.45) is 0. The standard InChI is InChI=1S/C60H36N2/c1-2-14-44(15-3-1)61-54-29-25-40(34-52(54)59-46-16-6-4-11-38(46)23-31-56(59)61)41-26-30-55-53(35-41)60-47-17-7-5-12-39(47)24-32-57(60)62(55)45-27-21-37(22-28-45)43-33-42-13-10-20-50-48-18-8-9-19-49(48)51(36-43)58(42)50/h1-36H. The van der Waals surface area contributed by atoms with Crippen molar-refractivity contribution in [1.29, 1.82) is 0 Å². The highest BCUT2D eigenvalue weighted by molar-refractivity contribution is 6.24. The van der Waals surface area contributed by atoms with Crippen molar-refractivity contribution >= 4 is 75.9 Å². The van der Waals surface area contributed by atoms with Crippen LogP contribution < -0.4 is 0 Å². The van der Waals surface area contributed by atoms with Gasteiger partial charge in [0.15, 0.2) is 0 Å². The van der Waals surface area contributed by atoms with Crippen LogP contribution in [0, 0.1) is 0 Å². The lowest BCUT2D eigenvalue weighted by Crippen LogP contribution is -1.94. The predicted molar refractivity (Wildman–Crippen MR) is 263 cm³/mol. The third-order valence-corrected chi connectivity index (χ3v) is 13.6. The van der Waals surface area contributed by atoms with Crippen molar-refractivity contribution < 1.29 is 0 Å². The molecular weight excluding hydrogens is 749 g/mol. The van der Waals surface area contributed by atoms with Crippen LogP contribution in [0.4, 0.5) is 0 Å². The average molecular weight is 785 g/mol. The zero-order valence-electron chi connectivity index (χ0n) is 33.7. The molecule has 0 fully saturated rings. The number of hydrogen-bond donors (Lipinski definition) is 0. The maximum atomic E-state index is 2.45. The van der Waals surface area contributed by atoms with Crippen LogP contribution in [0.25, 0.3) is 132 Å². The Balaban J connectivity index is 0.946. The quantitative estimate of drug-likeness (QED) is 0.168. The van der Waals surface area contributed by atoms with Crippen molar-refractivity contribution in [3.05, 3.63) is 218 Å². The van der Waals surface area contributed by atoms with E-state index < -0.39 is 0 Å². The minimum Gasteiger partial charge on any atom is -0.309 e. The highest BCUT2D eigenvalue weighted by Gasteiger charge is 2.23. The van der Waals surface area contributed by atoms with Crippen LogP contribution >= 0.6 is 0 Å². The van der Waals surface area contributed by atoms with Crippen LogP contribution in [0.5, 0.6) is 0 Å². The average Bonchev–Trinajstić information content (AvgIpc) is 3.98. The third kappa shape index (κ3) is 4.69. The zero-order chi connectivity index (χ0) is 40.5. The van der Waals surface area contributed by atoms with Crippen molar-refractivity contribution in [2.45, 2.75) is 0 Å². The summed E-state index contributed by atoms with van der Waals surface area (Å²) in [5.41, 5.74) is 17.3. The molecule has 2 aromatic heterocycles. The largest absolute Gasteiger partial charge is 0.309 e. The molecule has 13 aromatic rings. The molecule has 0 spiro atoms. The van der Waals surface area contributed by atoms with Gasteiger partial charge in [0.1, 0.15) is 0 Å². The smallest absolute Gasteiger partial charge is 0.0547 e. The lowest BCUT2D eigenvalue weighted by atomic mass is 9.96. The molecule has 1 aliphatic rings. The van der Waals surface area contributed by atoms with Crippen LogP contribution in [0.2, 0.25) is 0 Å². The van der Waals surface area contributed by atoms with E-state index in [4.69, 9.17) is 0 Å². The molecule has 0 saturated carbocycles. The Bertz CT molecular complexity index is 4010. The Morgan fingerprint density at radius 3 is 1.34 bits per heavy atom. The molecule has 14 rings (SSSR count). The van der Waals surface area contributed by atoms with E-state index in [1.54, 1.807) is 0 Å². The molecule has 0 unspecified atom stereocenters. The van der Waals surface area contributed by atoms with Crippen LogP contribution in [0.15, 0.2) is 218 Å². The van der Waals surface area contributed by atoms with Crippen LogP contribution in [0.1, 0.15) is 0 Å². The van der Waals surface area contributed by atoms with E-state index in [1.165, 1.54) is 126 Å². The topological polar surface area (TPSA) is 9.86 Å². The molecule has 11 aromatic carbocycles. The number of benzene rings is 11. The number of rotatable bonds is 4. The molecule has 0 radical (unpaired) electrons. The van der Waals surface area contributed by atoms with Crippen LogP contribution in [0.3, 0.4) is 0 Å². The first-order valence-corrected chi connectivity index (χ1v) is 21.5. The summed E-state index contributed by atoms with van der Waals surface area (Å²) >= 11 is 0.